The van der Waals surface area contributed by atoms with Crippen molar-refractivity contribution in [3.05, 3.63) is 54.6 Å². The molecule has 0 saturated carbocycles. The predicted molar refractivity (Wildman–Crippen MR) is 99.2 cm³/mol. The van der Waals surface area contributed by atoms with Gasteiger partial charge in [-0.1, -0.05) is 30.3 Å². The summed E-state index contributed by atoms with van der Waals surface area (Å²) in [5, 5.41) is 10.4. The van der Waals surface area contributed by atoms with Crippen LogP contribution in [-0.2, 0) is 4.79 Å². The van der Waals surface area contributed by atoms with E-state index in [9.17, 15) is 9.90 Å². The van der Waals surface area contributed by atoms with E-state index in [0.717, 1.165) is 30.1 Å². The molecule has 0 bridgehead atoms. The van der Waals surface area contributed by atoms with Crippen molar-refractivity contribution in [3.63, 3.8) is 0 Å². The molecule has 5 heteroatoms. The van der Waals surface area contributed by atoms with E-state index in [2.05, 4.69) is 4.90 Å². The first-order valence-corrected chi connectivity index (χ1v) is 8.63. The van der Waals surface area contributed by atoms with E-state index in [1.54, 1.807) is 6.92 Å². The molecule has 1 aliphatic heterocycles. The maximum atomic E-state index is 11.9. The van der Waals surface area contributed by atoms with Crippen molar-refractivity contribution in [1.29, 1.82) is 0 Å². The van der Waals surface area contributed by atoms with Gasteiger partial charge >= 0.3 is 0 Å². The number of nitrogens with zero attached hydrogens (tertiary/aromatic N) is 2. The first kappa shape index (κ1) is 17.3. The van der Waals surface area contributed by atoms with Crippen LogP contribution in [0, 0.1) is 0 Å². The quantitative estimate of drug-likeness (QED) is 0.909. The third-order valence-corrected chi connectivity index (χ3v) is 4.32. The third kappa shape index (κ3) is 4.31. The summed E-state index contributed by atoms with van der Waals surface area (Å²) < 4.78 is 5.65. The number of fused-ring (bicyclic) bond motifs is 1. The largest absolute Gasteiger partial charge is 0.491 e. The van der Waals surface area contributed by atoms with Crippen molar-refractivity contribution in [2.75, 3.05) is 36.0 Å². The maximum Gasteiger partial charge on any atom is 0.223 e. The summed E-state index contributed by atoms with van der Waals surface area (Å²) in [6.07, 6.45) is 0.248. The molecule has 5 nitrogen and oxygen atoms in total. The van der Waals surface area contributed by atoms with Crippen LogP contribution >= 0.6 is 0 Å². The van der Waals surface area contributed by atoms with Gasteiger partial charge in [-0.3, -0.25) is 4.79 Å². The lowest BCUT2D eigenvalue weighted by molar-refractivity contribution is -0.116. The molecule has 1 amide bonds. The molecule has 0 aromatic heterocycles. The molecular formula is C20H24N2O3. The van der Waals surface area contributed by atoms with E-state index in [4.69, 9.17) is 4.74 Å². The Bertz CT molecular complexity index is 705. The number of benzene rings is 2. The minimum Gasteiger partial charge on any atom is -0.491 e. The molecule has 1 heterocycles. The van der Waals surface area contributed by atoms with Crippen LogP contribution in [0.3, 0.4) is 0 Å². The lowest BCUT2D eigenvalue weighted by Gasteiger charge is -2.28. The van der Waals surface area contributed by atoms with Crippen molar-refractivity contribution < 1.29 is 14.6 Å². The number of aliphatic hydroxyl groups is 1. The molecule has 2 aromatic rings. The highest BCUT2D eigenvalue weighted by Crippen LogP contribution is 2.32. The van der Waals surface area contributed by atoms with Crippen molar-refractivity contribution in [2.24, 2.45) is 0 Å². The fraction of sp³-hybridized carbons (Fsp3) is 0.350. The molecule has 132 valence electrons. The summed E-state index contributed by atoms with van der Waals surface area (Å²) in [5.41, 5.74) is 1.89. The summed E-state index contributed by atoms with van der Waals surface area (Å²) >= 11 is 0. The number of anilines is 2. The molecule has 0 aliphatic carbocycles. The van der Waals surface area contributed by atoms with Crippen LogP contribution in [0.4, 0.5) is 11.4 Å². The molecule has 1 unspecified atom stereocenters. The summed E-state index contributed by atoms with van der Waals surface area (Å²) in [6.45, 7) is 3.78. The molecular weight excluding hydrogens is 316 g/mol. The number of para-hydroxylation sites is 3. The van der Waals surface area contributed by atoms with Crippen LogP contribution in [0.25, 0.3) is 0 Å². The Morgan fingerprint density at radius 3 is 2.48 bits per heavy atom. The summed E-state index contributed by atoms with van der Waals surface area (Å²) in [4.78, 5) is 15.9. The number of aliphatic hydroxyl groups excluding tert-OH is 1. The van der Waals surface area contributed by atoms with Gasteiger partial charge in [0.1, 0.15) is 18.5 Å². The average Bonchev–Trinajstić information content (AvgIpc) is 2.81. The topological polar surface area (TPSA) is 53.0 Å². The van der Waals surface area contributed by atoms with Gasteiger partial charge in [0.15, 0.2) is 0 Å². The van der Waals surface area contributed by atoms with Crippen molar-refractivity contribution >= 4 is 17.3 Å². The predicted octanol–water partition coefficient (Wildman–Crippen LogP) is 2.69. The minimum absolute atomic E-state index is 0.0438. The normalized spacial score (nSPS) is 15.3. The fourth-order valence-electron chi connectivity index (χ4n) is 3.15. The van der Waals surface area contributed by atoms with E-state index < -0.39 is 6.10 Å². The summed E-state index contributed by atoms with van der Waals surface area (Å²) in [7, 11) is 0. The van der Waals surface area contributed by atoms with Crippen LogP contribution in [-0.4, -0.2) is 43.4 Å². The first-order valence-electron chi connectivity index (χ1n) is 8.63. The highest BCUT2D eigenvalue weighted by atomic mass is 16.5. The molecule has 0 saturated heterocycles. The van der Waals surface area contributed by atoms with Crippen molar-refractivity contribution in [3.8, 4) is 5.75 Å². The highest BCUT2D eigenvalue weighted by molar-refractivity contribution is 5.95. The smallest absolute Gasteiger partial charge is 0.223 e. The number of hydrogen-bond acceptors (Lipinski definition) is 4. The van der Waals surface area contributed by atoms with Gasteiger partial charge in [0.2, 0.25) is 5.91 Å². The molecule has 1 N–H and O–H groups in total. The SMILES string of the molecule is CC(=O)N1CCCN(CC(O)COc2ccccc2)c2ccccc21. The standard InChI is InChI=1S/C20H24N2O3/c1-16(23)22-13-7-12-21(19-10-5-6-11-20(19)22)14-17(24)15-25-18-8-3-2-4-9-18/h2-6,8-11,17,24H,7,12-15H2,1H3. The minimum atomic E-state index is -0.614. The summed E-state index contributed by atoms with van der Waals surface area (Å²) in [6, 6.07) is 17.3. The maximum absolute atomic E-state index is 11.9. The van der Waals surface area contributed by atoms with Crippen molar-refractivity contribution in [2.45, 2.75) is 19.4 Å². The Kier molecular flexibility index (Phi) is 5.56. The molecule has 0 spiro atoms. The number of carbonyl (C=O) groups excluding carboxylic acids is 1. The Hall–Kier alpha value is -2.53. The van der Waals surface area contributed by atoms with E-state index in [0.29, 0.717) is 13.1 Å². The molecule has 0 radical (unpaired) electrons. The van der Waals surface area contributed by atoms with Gasteiger partial charge in [-0.25, -0.2) is 0 Å². The van der Waals surface area contributed by atoms with Gasteiger partial charge < -0.3 is 19.6 Å². The third-order valence-electron chi connectivity index (χ3n) is 4.32. The highest BCUT2D eigenvalue weighted by Gasteiger charge is 2.24. The second-order valence-corrected chi connectivity index (χ2v) is 6.24. The number of ether oxygens (including phenoxy) is 1. The van der Waals surface area contributed by atoms with Crippen LogP contribution in [0.1, 0.15) is 13.3 Å². The fourth-order valence-corrected chi connectivity index (χ4v) is 3.15. The number of hydrogen-bond donors (Lipinski definition) is 1. The van der Waals surface area contributed by atoms with Gasteiger partial charge in [0.05, 0.1) is 11.4 Å². The van der Waals surface area contributed by atoms with Crippen LogP contribution in [0.15, 0.2) is 54.6 Å². The van der Waals surface area contributed by atoms with Crippen LogP contribution < -0.4 is 14.5 Å². The van der Waals surface area contributed by atoms with E-state index in [-0.39, 0.29) is 12.5 Å². The molecule has 25 heavy (non-hydrogen) atoms. The molecule has 0 fully saturated rings. The zero-order valence-corrected chi connectivity index (χ0v) is 14.5. The lowest BCUT2D eigenvalue weighted by Crippen LogP contribution is -2.36. The number of carbonyl (C=O) groups is 1. The van der Waals surface area contributed by atoms with Crippen LogP contribution in [0.2, 0.25) is 0 Å². The Balaban J connectivity index is 1.68. The Labute approximate surface area is 148 Å². The van der Waals surface area contributed by atoms with Gasteiger partial charge in [0.25, 0.3) is 0 Å². The zero-order chi connectivity index (χ0) is 17.6. The Morgan fingerprint density at radius 1 is 1.08 bits per heavy atom. The van der Waals surface area contributed by atoms with Gasteiger partial charge in [0, 0.05) is 26.6 Å². The van der Waals surface area contributed by atoms with E-state index in [1.807, 2.05) is 59.5 Å². The number of β-amino-alcohol motifs (C(OH)–C–C–N with tert-alkyl or cyclic N) is 1. The molecule has 3 rings (SSSR count). The molecule has 1 aliphatic rings. The van der Waals surface area contributed by atoms with E-state index >= 15 is 0 Å². The molecule has 1 atom stereocenters. The second kappa shape index (κ2) is 8.03. The lowest BCUT2D eigenvalue weighted by atomic mass is 10.2. The second-order valence-electron chi connectivity index (χ2n) is 6.24. The zero-order valence-electron chi connectivity index (χ0n) is 14.5. The van der Waals surface area contributed by atoms with Gasteiger partial charge in [-0.05, 0) is 30.7 Å². The number of rotatable bonds is 5. The average molecular weight is 340 g/mol. The Morgan fingerprint density at radius 2 is 1.76 bits per heavy atom. The first-order chi connectivity index (χ1) is 12.1. The van der Waals surface area contributed by atoms with E-state index in [1.165, 1.54) is 0 Å². The monoisotopic (exact) mass is 340 g/mol. The molecule has 2 aromatic carbocycles. The van der Waals surface area contributed by atoms with Crippen molar-refractivity contribution in [1.82, 2.24) is 0 Å². The number of amides is 1. The van der Waals surface area contributed by atoms with Gasteiger partial charge in [-0.2, -0.15) is 0 Å². The van der Waals surface area contributed by atoms with Gasteiger partial charge in [-0.15, -0.1) is 0 Å². The van der Waals surface area contributed by atoms with Crippen LogP contribution in [0.5, 0.6) is 5.75 Å². The summed E-state index contributed by atoms with van der Waals surface area (Å²) in [5.74, 6) is 0.794.